The minimum atomic E-state index is -0.0386. The van der Waals surface area contributed by atoms with E-state index < -0.39 is 0 Å². The molecule has 0 aromatic heterocycles. The van der Waals surface area contributed by atoms with Crippen LogP contribution < -0.4 is 0 Å². The fourth-order valence-corrected chi connectivity index (χ4v) is 1.57. The fraction of sp³-hybridized carbons (Fsp3) is 0.800. The van der Waals surface area contributed by atoms with E-state index in [1.54, 1.807) is 0 Å². The molecule has 17 heavy (non-hydrogen) atoms. The van der Waals surface area contributed by atoms with Gasteiger partial charge in [-0.3, -0.25) is 4.79 Å². The SMILES string of the molecule is CCCCC(=O)OCC[C@H](C)CCC=C(C)C. The van der Waals surface area contributed by atoms with Crippen LogP contribution in [0.2, 0.25) is 0 Å². The van der Waals surface area contributed by atoms with Gasteiger partial charge in [0.05, 0.1) is 6.61 Å². The van der Waals surface area contributed by atoms with Crippen LogP contribution in [0.15, 0.2) is 11.6 Å². The maximum Gasteiger partial charge on any atom is 0.305 e. The molecule has 100 valence electrons. The summed E-state index contributed by atoms with van der Waals surface area (Å²) in [5.41, 5.74) is 1.38. The van der Waals surface area contributed by atoms with E-state index in [1.807, 2.05) is 0 Å². The van der Waals surface area contributed by atoms with Crippen LogP contribution in [0, 0.1) is 5.92 Å². The van der Waals surface area contributed by atoms with Gasteiger partial charge in [0.2, 0.25) is 0 Å². The Morgan fingerprint density at radius 2 is 2.00 bits per heavy atom. The molecule has 0 spiro atoms. The van der Waals surface area contributed by atoms with Gasteiger partial charge in [0.25, 0.3) is 0 Å². The zero-order valence-electron chi connectivity index (χ0n) is 11.9. The molecule has 0 N–H and O–H groups in total. The molecule has 0 heterocycles. The van der Waals surface area contributed by atoms with E-state index in [2.05, 4.69) is 33.8 Å². The number of rotatable bonds is 9. The second-order valence-electron chi connectivity index (χ2n) is 5.08. The summed E-state index contributed by atoms with van der Waals surface area (Å²) in [7, 11) is 0. The topological polar surface area (TPSA) is 26.3 Å². The zero-order valence-corrected chi connectivity index (χ0v) is 11.9. The van der Waals surface area contributed by atoms with Crippen molar-refractivity contribution in [3.63, 3.8) is 0 Å². The van der Waals surface area contributed by atoms with Crippen molar-refractivity contribution in [2.45, 2.75) is 66.2 Å². The van der Waals surface area contributed by atoms with Gasteiger partial charge in [-0.15, -0.1) is 0 Å². The Labute approximate surface area is 106 Å². The summed E-state index contributed by atoms with van der Waals surface area (Å²) in [6, 6.07) is 0. The van der Waals surface area contributed by atoms with E-state index in [9.17, 15) is 4.79 Å². The summed E-state index contributed by atoms with van der Waals surface area (Å²) in [4.78, 5) is 11.3. The standard InChI is InChI=1S/C15H28O2/c1-5-6-10-15(16)17-12-11-14(4)9-7-8-13(2)3/h8,14H,5-7,9-12H2,1-4H3/t14-/m1/s1. The van der Waals surface area contributed by atoms with E-state index in [0.717, 1.165) is 25.7 Å². The Hall–Kier alpha value is -0.790. The number of ether oxygens (including phenoxy) is 1. The molecule has 2 heteroatoms. The first-order chi connectivity index (χ1) is 8.06. The molecule has 0 saturated carbocycles. The molecule has 1 atom stereocenters. The minimum Gasteiger partial charge on any atom is -0.466 e. The lowest BCUT2D eigenvalue weighted by molar-refractivity contribution is -0.144. The Balaban J connectivity index is 3.47. The molecule has 0 aliphatic rings. The van der Waals surface area contributed by atoms with Crippen LogP contribution in [0.25, 0.3) is 0 Å². The number of unbranched alkanes of at least 4 members (excludes halogenated alkanes) is 1. The Bertz CT molecular complexity index is 227. The number of esters is 1. The first-order valence-corrected chi connectivity index (χ1v) is 6.85. The molecule has 0 unspecified atom stereocenters. The minimum absolute atomic E-state index is 0.0386. The molecule has 0 amide bonds. The van der Waals surface area contributed by atoms with E-state index in [1.165, 1.54) is 12.0 Å². The molecule has 0 bridgehead atoms. The van der Waals surface area contributed by atoms with Gasteiger partial charge >= 0.3 is 5.97 Å². The number of carbonyl (C=O) groups excluding carboxylic acids is 1. The normalized spacial score (nSPS) is 12.0. The van der Waals surface area contributed by atoms with Crippen molar-refractivity contribution in [1.82, 2.24) is 0 Å². The molecule has 0 fully saturated rings. The van der Waals surface area contributed by atoms with Crippen LogP contribution in [0.5, 0.6) is 0 Å². The van der Waals surface area contributed by atoms with Crippen molar-refractivity contribution in [2.75, 3.05) is 6.61 Å². The van der Waals surface area contributed by atoms with Crippen LogP contribution in [0.1, 0.15) is 66.2 Å². The van der Waals surface area contributed by atoms with Crippen molar-refractivity contribution in [1.29, 1.82) is 0 Å². The molecular weight excluding hydrogens is 212 g/mol. The van der Waals surface area contributed by atoms with Crippen molar-refractivity contribution in [3.8, 4) is 0 Å². The third-order valence-corrected chi connectivity index (χ3v) is 2.82. The third kappa shape index (κ3) is 11.5. The molecule has 0 rings (SSSR count). The molecule has 0 aliphatic carbocycles. The van der Waals surface area contributed by atoms with Gasteiger partial charge in [0.15, 0.2) is 0 Å². The van der Waals surface area contributed by atoms with Crippen molar-refractivity contribution in [3.05, 3.63) is 11.6 Å². The third-order valence-electron chi connectivity index (χ3n) is 2.82. The van der Waals surface area contributed by atoms with Crippen molar-refractivity contribution in [2.24, 2.45) is 5.92 Å². The Morgan fingerprint density at radius 1 is 1.29 bits per heavy atom. The highest BCUT2D eigenvalue weighted by Gasteiger charge is 2.04. The fourth-order valence-electron chi connectivity index (χ4n) is 1.57. The molecule has 2 nitrogen and oxygen atoms in total. The van der Waals surface area contributed by atoms with Gasteiger partial charge in [-0.25, -0.2) is 0 Å². The lowest BCUT2D eigenvalue weighted by Gasteiger charge is -2.10. The Morgan fingerprint density at radius 3 is 2.59 bits per heavy atom. The summed E-state index contributed by atoms with van der Waals surface area (Å²) in [5.74, 6) is 0.591. The van der Waals surface area contributed by atoms with Crippen LogP contribution in [-0.2, 0) is 9.53 Å². The molecule has 0 aromatic rings. The summed E-state index contributed by atoms with van der Waals surface area (Å²) >= 11 is 0. The molecular formula is C15H28O2. The van der Waals surface area contributed by atoms with Crippen molar-refractivity contribution < 1.29 is 9.53 Å². The lowest BCUT2D eigenvalue weighted by Crippen LogP contribution is -2.08. The number of hydrogen-bond donors (Lipinski definition) is 0. The predicted molar refractivity (Wildman–Crippen MR) is 72.9 cm³/mol. The van der Waals surface area contributed by atoms with Gasteiger partial charge < -0.3 is 4.74 Å². The number of hydrogen-bond acceptors (Lipinski definition) is 2. The molecule has 0 saturated heterocycles. The van der Waals surface area contributed by atoms with Crippen LogP contribution in [0.4, 0.5) is 0 Å². The maximum absolute atomic E-state index is 11.3. The van der Waals surface area contributed by atoms with Gasteiger partial charge in [-0.1, -0.05) is 31.9 Å². The number of carbonyl (C=O) groups is 1. The smallest absolute Gasteiger partial charge is 0.305 e. The maximum atomic E-state index is 11.3. The quantitative estimate of drug-likeness (QED) is 0.438. The van der Waals surface area contributed by atoms with E-state index >= 15 is 0 Å². The van der Waals surface area contributed by atoms with Crippen molar-refractivity contribution >= 4 is 5.97 Å². The zero-order chi connectivity index (χ0) is 13.1. The van der Waals surface area contributed by atoms with Gasteiger partial charge in [-0.2, -0.15) is 0 Å². The summed E-state index contributed by atoms with van der Waals surface area (Å²) in [6.45, 7) is 9.14. The molecule has 0 radical (unpaired) electrons. The van der Waals surface area contributed by atoms with Crippen LogP contribution in [0.3, 0.4) is 0 Å². The predicted octanol–water partition coefficient (Wildman–Crippen LogP) is 4.49. The molecule has 0 aliphatic heterocycles. The average molecular weight is 240 g/mol. The monoisotopic (exact) mass is 240 g/mol. The second kappa shape index (κ2) is 10.4. The van der Waals surface area contributed by atoms with Gasteiger partial charge in [0.1, 0.15) is 0 Å². The number of allylic oxidation sites excluding steroid dienone is 2. The van der Waals surface area contributed by atoms with Gasteiger partial charge in [-0.05, 0) is 45.4 Å². The first-order valence-electron chi connectivity index (χ1n) is 6.85. The largest absolute Gasteiger partial charge is 0.466 e. The van der Waals surface area contributed by atoms with E-state index in [-0.39, 0.29) is 5.97 Å². The van der Waals surface area contributed by atoms with E-state index in [0.29, 0.717) is 18.9 Å². The average Bonchev–Trinajstić information content (AvgIpc) is 2.25. The highest BCUT2D eigenvalue weighted by molar-refractivity contribution is 5.69. The lowest BCUT2D eigenvalue weighted by atomic mass is 10.0. The van der Waals surface area contributed by atoms with Crippen LogP contribution in [-0.4, -0.2) is 12.6 Å². The Kier molecular flexibility index (Phi) is 9.89. The highest BCUT2D eigenvalue weighted by atomic mass is 16.5. The highest BCUT2D eigenvalue weighted by Crippen LogP contribution is 2.12. The second-order valence-corrected chi connectivity index (χ2v) is 5.08. The summed E-state index contributed by atoms with van der Waals surface area (Å²) < 4.78 is 5.19. The molecule has 0 aromatic carbocycles. The summed E-state index contributed by atoms with van der Waals surface area (Å²) in [6.07, 6.45) is 8.12. The first kappa shape index (κ1) is 16.2. The van der Waals surface area contributed by atoms with Gasteiger partial charge in [0, 0.05) is 6.42 Å². The van der Waals surface area contributed by atoms with E-state index in [4.69, 9.17) is 4.74 Å². The summed E-state index contributed by atoms with van der Waals surface area (Å²) in [5, 5.41) is 0. The van der Waals surface area contributed by atoms with Crippen LogP contribution >= 0.6 is 0 Å².